The molecular formula is C11H13BrN2O2. The van der Waals surface area contributed by atoms with Crippen LogP contribution in [0.3, 0.4) is 0 Å². The molecule has 0 aromatic heterocycles. The smallest absolute Gasteiger partial charge is 0.101 e. The molecule has 0 radical (unpaired) electrons. The lowest BCUT2D eigenvalue weighted by Crippen LogP contribution is -2.24. The van der Waals surface area contributed by atoms with Gasteiger partial charge < -0.3 is 15.2 Å². The van der Waals surface area contributed by atoms with Crippen molar-refractivity contribution in [2.45, 2.75) is 6.10 Å². The molecule has 16 heavy (non-hydrogen) atoms. The number of nitrogens with one attached hydrogen (secondary N) is 1. The fraction of sp³-hybridized carbons (Fsp3) is 0.364. The van der Waals surface area contributed by atoms with E-state index < -0.39 is 6.10 Å². The number of methoxy groups -OCH3 is 1. The number of aliphatic hydroxyl groups excluding tert-OH is 1. The van der Waals surface area contributed by atoms with Crippen molar-refractivity contribution in [3.63, 3.8) is 0 Å². The number of ether oxygens (including phenoxy) is 1. The van der Waals surface area contributed by atoms with Crippen molar-refractivity contribution in [3.05, 3.63) is 28.2 Å². The summed E-state index contributed by atoms with van der Waals surface area (Å²) in [5.74, 6) is 0. The normalized spacial score (nSPS) is 11.9. The summed E-state index contributed by atoms with van der Waals surface area (Å²) < 4.78 is 5.66. The molecule has 1 rings (SSSR count). The summed E-state index contributed by atoms with van der Waals surface area (Å²) in [5.41, 5.74) is 1.25. The number of hydrogen-bond donors (Lipinski definition) is 2. The predicted octanol–water partition coefficient (Wildman–Crippen LogP) is 1.74. The molecule has 0 aliphatic carbocycles. The first kappa shape index (κ1) is 13.0. The van der Waals surface area contributed by atoms with Gasteiger partial charge in [0.15, 0.2) is 0 Å². The van der Waals surface area contributed by atoms with Gasteiger partial charge in [-0.3, -0.25) is 0 Å². The average molecular weight is 285 g/mol. The van der Waals surface area contributed by atoms with E-state index in [9.17, 15) is 5.11 Å². The topological polar surface area (TPSA) is 65.3 Å². The van der Waals surface area contributed by atoms with Gasteiger partial charge in [0.2, 0.25) is 0 Å². The van der Waals surface area contributed by atoms with Gasteiger partial charge in [0, 0.05) is 18.1 Å². The van der Waals surface area contributed by atoms with Crippen molar-refractivity contribution in [1.82, 2.24) is 0 Å². The Labute approximate surface area is 103 Å². The molecule has 0 heterocycles. The summed E-state index contributed by atoms with van der Waals surface area (Å²) in [6, 6.07) is 7.45. The number of nitriles is 1. The minimum atomic E-state index is -0.583. The van der Waals surface area contributed by atoms with Crippen LogP contribution in [0.4, 0.5) is 5.69 Å². The Morgan fingerprint density at radius 3 is 3.00 bits per heavy atom. The van der Waals surface area contributed by atoms with E-state index in [0.29, 0.717) is 17.8 Å². The summed E-state index contributed by atoms with van der Waals surface area (Å²) in [7, 11) is 1.53. The van der Waals surface area contributed by atoms with Crippen LogP contribution in [0.15, 0.2) is 22.7 Å². The first-order chi connectivity index (χ1) is 7.67. The van der Waals surface area contributed by atoms with Crippen LogP contribution in [0.25, 0.3) is 0 Å². The highest BCUT2D eigenvalue weighted by Gasteiger charge is 2.06. The molecule has 4 nitrogen and oxygen atoms in total. The van der Waals surface area contributed by atoms with Gasteiger partial charge in [0.05, 0.1) is 24.0 Å². The maximum Gasteiger partial charge on any atom is 0.101 e. The van der Waals surface area contributed by atoms with Gasteiger partial charge in [-0.2, -0.15) is 5.26 Å². The van der Waals surface area contributed by atoms with Crippen molar-refractivity contribution in [2.75, 3.05) is 25.6 Å². The molecular weight excluding hydrogens is 272 g/mol. The Kier molecular flexibility index (Phi) is 5.26. The molecule has 1 atom stereocenters. The molecule has 0 aliphatic heterocycles. The van der Waals surface area contributed by atoms with Gasteiger partial charge in [-0.1, -0.05) is 15.9 Å². The first-order valence-electron chi connectivity index (χ1n) is 4.78. The highest BCUT2D eigenvalue weighted by atomic mass is 79.9. The van der Waals surface area contributed by atoms with Crippen LogP contribution in [0, 0.1) is 11.3 Å². The third-order valence-corrected chi connectivity index (χ3v) is 2.48. The number of aliphatic hydroxyl groups is 1. The lowest BCUT2D eigenvalue weighted by molar-refractivity contribution is 0.0727. The second-order valence-corrected chi connectivity index (χ2v) is 4.21. The molecule has 0 amide bonds. The molecule has 5 heteroatoms. The fourth-order valence-electron chi connectivity index (χ4n) is 1.24. The zero-order valence-electron chi connectivity index (χ0n) is 8.90. The van der Waals surface area contributed by atoms with Gasteiger partial charge >= 0.3 is 0 Å². The second kappa shape index (κ2) is 6.48. The van der Waals surface area contributed by atoms with E-state index in [-0.39, 0.29) is 6.61 Å². The number of halogens is 1. The minimum absolute atomic E-state index is 0.269. The standard InChI is InChI=1S/C11H13BrN2O2/c1-16-7-10(15)6-14-11-3-2-9(12)4-8(11)5-13/h2-4,10,14-15H,6-7H2,1H3. The summed E-state index contributed by atoms with van der Waals surface area (Å²) >= 11 is 3.29. The molecule has 0 saturated heterocycles. The van der Waals surface area contributed by atoms with Gasteiger partial charge in [-0.25, -0.2) is 0 Å². The summed E-state index contributed by atoms with van der Waals surface area (Å²) in [6.45, 7) is 0.621. The van der Waals surface area contributed by atoms with E-state index in [1.807, 2.05) is 6.07 Å². The van der Waals surface area contributed by atoms with Gasteiger partial charge in [-0.05, 0) is 18.2 Å². The number of hydrogen-bond acceptors (Lipinski definition) is 4. The summed E-state index contributed by atoms with van der Waals surface area (Å²) in [4.78, 5) is 0. The average Bonchev–Trinajstić information content (AvgIpc) is 2.27. The third-order valence-electron chi connectivity index (χ3n) is 1.99. The Morgan fingerprint density at radius 1 is 1.62 bits per heavy atom. The van der Waals surface area contributed by atoms with Crippen LogP contribution in [0.2, 0.25) is 0 Å². The van der Waals surface area contributed by atoms with Crippen molar-refractivity contribution in [3.8, 4) is 6.07 Å². The Morgan fingerprint density at radius 2 is 2.38 bits per heavy atom. The zero-order valence-corrected chi connectivity index (χ0v) is 10.5. The number of benzene rings is 1. The van der Waals surface area contributed by atoms with Crippen molar-refractivity contribution < 1.29 is 9.84 Å². The molecule has 0 fully saturated rings. The molecule has 0 bridgehead atoms. The third kappa shape index (κ3) is 3.81. The molecule has 86 valence electrons. The van der Waals surface area contributed by atoms with Crippen molar-refractivity contribution in [1.29, 1.82) is 5.26 Å². The number of rotatable bonds is 5. The molecule has 1 unspecified atom stereocenters. The van der Waals surface area contributed by atoms with Crippen LogP contribution in [0.1, 0.15) is 5.56 Å². The van der Waals surface area contributed by atoms with E-state index in [1.165, 1.54) is 7.11 Å². The first-order valence-corrected chi connectivity index (χ1v) is 5.57. The summed E-state index contributed by atoms with van der Waals surface area (Å²) in [6.07, 6.45) is -0.583. The van der Waals surface area contributed by atoms with E-state index in [2.05, 4.69) is 27.3 Å². The van der Waals surface area contributed by atoms with E-state index >= 15 is 0 Å². The molecule has 1 aromatic carbocycles. The lowest BCUT2D eigenvalue weighted by Gasteiger charge is -2.12. The highest BCUT2D eigenvalue weighted by Crippen LogP contribution is 2.20. The van der Waals surface area contributed by atoms with Gasteiger partial charge in [0.1, 0.15) is 6.07 Å². The van der Waals surface area contributed by atoms with E-state index in [4.69, 9.17) is 10.00 Å². The van der Waals surface area contributed by atoms with E-state index in [0.717, 1.165) is 4.47 Å². The molecule has 1 aromatic rings. The van der Waals surface area contributed by atoms with Crippen LogP contribution in [-0.4, -0.2) is 31.5 Å². The predicted molar refractivity (Wildman–Crippen MR) is 65.2 cm³/mol. The van der Waals surface area contributed by atoms with Crippen LogP contribution in [0.5, 0.6) is 0 Å². The fourth-order valence-corrected chi connectivity index (χ4v) is 1.60. The van der Waals surface area contributed by atoms with Crippen LogP contribution >= 0.6 is 15.9 Å². The Bertz CT molecular complexity index is 390. The van der Waals surface area contributed by atoms with Crippen molar-refractivity contribution >= 4 is 21.6 Å². The summed E-state index contributed by atoms with van der Waals surface area (Å²) in [5, 5.41) is 21.4. The Balaban J connectivity index is 2.64. The van der Waals surface area contributed by atoms with Gasteiger partial charge in [-0.15, -0.1) is 0 Å². The number of nitrogens with zero attached hydrogens (tertiary/aromatic N) is 1. The monoisotopic (exact) mass is 284 g/mol. The lowest BCUT2D eigenvalue weighted by atomic mass is 10.2. The maximum atomic E-state index is 9.45. The van der Waals surface area contributed by atoms with E-state index in [1.54, 1.807) is 12.1 Å². The van der Waals surface area contributed by atoms with Gasteiger partial charge in [0.25, 0.3) is 0 Å². The zero-order chi connectivity index (χ0) is 12.0. The molecule has 0 saturated carbocycles. The molecule has 2 N–H and O–H groups in total. The SMILES string of the molecule is COCC(O)CNc1ccc(Br)cc1C#N. The quantitative estimate of drug-likeness (QED) is 0.865. The van der Waals surface area contributed by atoms with Crippen molar-refractivity contribution in [2.24, 2.45) is 0 Å². The van der Waals surface area contributed by atoms with Crippen LogP contribution in [-0.2, 0) is 4.74 Å². The minimum Gasteiger partial charge on any atom is -0.389 e. The van der Waals surface area contributed by atoms with Crippen LogP contribution < -0.4 is 5.32 Å². The molecule has 0 spiro atoms. The Hall–Kier alpha value is -1.09. The largest absolute Gasteiger partial charge is 0.389 e. The highest BCUT2D eigenvalue weighted by molar-refractivity contribution is 9.10. The second-order valence-electron chi connectivity index (χ2n) is 3.29. The number of anilines is 1. The molecule has 0 aliphatic rings. The maximum absolute atomic E-state index is 9.45.